The van der Waals surface area contributed by atoms with Crippen molar-refractivity contribution in [2.45, 2.75) is 32.6 Å². The minimum Gasteiger partial charge on any atom is -0.0885 e. The SMILES string of the molecule is CCC=CC1CC12CC2. The van der Waals surface area contributed by atoms with E-state index < -0.39 is 0 Å². The molecule has 0 bridgehead atoms. The first-order valence-electron chi connectivity index (χ1n) is 4.04. The van der Waals surface area contributed by atoms with Crippen LogP contribution in [0.1, 0.15) is 32.6 Å². The molecule has 0 aliphatic heterocycles. The molecular formula is C9H14. The van der Waals surface area contributed by atoms with E-state index in [9.17, 15) is 0 Å². The molecule has 1 unspecified atom stereocenters. The molecule has 0 aromatic carbocycles. The van der Waals surface area contributed by atoms with Gasteiger partial charge in [0, 0.05) is 0 Å². The van der Waals surface area contributed by atoms with E-state index >= 15 is 0 Å². The van der Waals surface area contributed by atoms with Crippen molar-refractivity contribution in [1.82, 2.24) is 0 Å². The Balaban J connectivity index is 1.84. The van der Waals surface area contributed by atoms with Gasteiger partial charge in [0.1, 0.15) is 0 Å². The zero-order chi connectivity index (χ0) is 6.32. The molecule has 50 valence electrons. The fourth-order valence-corrected chi connectivity index (χ4v) is 1.69. The van der Waals surface area contributed by atoms with E-state index in [-0.39, 0.29) is 0 Å². The van der Waals surface area contributed by atoms with Gasteiger partial charge < -0.3 is 0 Å². The largest absolute Gasteiger partial charge is 0.0885 e. The summed E-state index contributed by atoms with van der Waals surface area (Å²) >= 11 is 0. The first-order chi connectivity index (χ1) is 4.37. The van der Waals surface area contributed by atoms with Crippen molar-refractivity contribution in [2.75, 3.05) is 0 Å². The summed E-state index contributed by atoms with van der Waals surface area (Å²) in [5.74, 6) is 0.998. The third-order valence-electron chi connectivity index (χ3n) is 2.75. The Labute approximate surface area is 57.0 Å². The fraction of sp³-hybridized carbons (Fsp3) is 0.778. The lowest BCUT2D eigenvalue weighted by atomic mass is 10.2. The van der Waals surface area contributed by atoms with Gasteiger partial charge in [-0.3, -0.25) is 0 Å². The monoisotopic (exact) mass is 122 g/mol. The lowest BCUT2D eigenvalue weighted by Crippen LogP contribution is -1.71. The van der Waals surface area contributed by atoms with Gasteiger partial charge in [-0.05, 0) is 37.0 Å². The molecule has 1 spiro atoms. The van der Waals surface area contributed by atoms with Crippen LogP contribution >= 0.6 is 0 Å². The van der Waals surface area contributed by atoms with Crippen LogP contribution in [-0.4, -0.2) is 0 Å². The fourth-order valence-electron chi connectivity index (χ4n) is 1.69. The van der Waals surface area contributed by atoms with Crippen molar-refractivity contribution >= 4 is 0 Å². The maximum absolute atomic E-state index is 2.42. The molecule has 2 saturated carbocycles. The summed E-state index contributed by atoms with van der Waals surface area (Å²) in [5, 5.41) is 0. The highest BCUT2D eigenvalue weighted by Gasteiger charge is 2.61. The van der Waals surface area contributed by atoms with Crippen molar-refractivity contribution in [3.8, 4) is 0 Å². The van der Waals surface area contributed by atoms with Crippen molar-refractivity contribution < 1.29 is 0 Å². The molecule has 0 N–H and O–H groups in total. The van der Waals surface area contributed by atoms with E-state index in [0.717, 1.165) is 11.3 Å². The van der Waals surface area contributed by atoms with E-state index in [4.69, 9.17) is 0 Å². The van der Waals surface area contributed by atoms with Crippen LogP contribution in [0.2, 0.25) is 0 Å². The van der Waals surface area contributed by atoms with E-state index in [1.807, 2.05) is 0 Å². The summed E-state index contributed by atoms with van der Waals surface area (Å²) in [7, 11) is 0. The number of hydrogen-bond donors (Lipinski definition) is 0. The summed E-state index contributed by atoms with van der Waals surface area (Å²) in [5.41, 5.74) is 0.881. The van der Waals surface area contributed by atoms with Crippen LogP contribution in [-0.2, 0) is 0 Å². The van der Waals surface area contributed by atoms with Crippen LogP contribution in [0.4, 0.5) is 0 Å². The molecule has 1 atom stereocenters. The Morgan fingerprint density at radius 2 is 2.33 bits per heavy atom. The smallest absolute Gasteiger partial charge is 0.0171 e. The van der Waals surface area contributed by atoms with Crippen molar-refractivity contribution in [1.29, 1.82) is 0 Å². The molecular weight excluding hydrogens is 108 g/mol. The second-order valence-electron chi connectivity index (χ2n) is 3.51. The Hall–Kier alpha value is -0.260. The summed E-state index contributed by atoms with van der Waals surface area (Å²) in [4.78, 5) is 0. The third-order valence-corrected chi connectivity index (χ3v) is 2.75. The first kappa shape index (κ1) is 5.52. The highest BCUT2D eigenvalue weighted by atomic mass is 14.6. The highest BCUT2D eigenvalue weighted by Crippen LogP contribution is 2.71. The van der Waals surface area contributed by atoms with Crippen molar-refractivity contribution in [2.24, 2.45) is 11.3 Å². The lowest BCUT2D eigenvalue weighted by Gasteiger charge is -1.81. The van der Waals surface area contributed by atoms with Crippen molar-refractivity contribution in [3.05, 3.63) is 12.2 Å². The van der Waals surface area contributed by atoms with Crippen LogP contribution in [0.5, 0.6) is 0 Å². The summed E-state index contributed by atoms with van der Waals surface area (Å²) in [6.45, 7) is 2.21. The molecule has 0 nitrogen and oxygen atoms in total. The third kappa shape index (κ3) is 0.810. The zero-order valence-electron chi connectivity index (χ0n) is 6.06. The molecule has 9 heavy (non-hydrogen) atoms. The topological polar surface area (TPSA) is 0 Å². The van der Waals surface area contributed by atoms with Gasteiger partial charge >= 0.3 is 0 Å². The van der Waals surface area contributed by atoms with Crippen molar-refractivity contribution in [3.63, 3.8) is 0 Å². The molecule has 2 aliphatic carbocycles. The van der Waals surface area contributed by atoms with Gasteiger partial charge in [-0.15, -0.1) is 0 Å². The summed E-state index contributed by atoms with van der Waals surface area (Å²) in [6.07, 6.45) is 10.5. The quantitative estimate of drug-likeness (QED) is 0.494. The van der Waals surface area contributed by atoms with E-state index in [2.05, 4.69) is 19.1 Å². The lowest BCUT2D eigenvalue weighted by molar-refractivity contribution is 0.821. The van der Waals surface area contributed by atoms with Gasteiger partial charge in [0.2, 0.25) is 0 Å². The predicted octanol–water partition coefficient (Wildman–Crippen LogP) is 2.75. The zero-order valence-corrected chi connectivity index (χ0v) is 6.06. The number of rotatable bonds is 2. The minimum atomic E-state index is 0.881. The van der Waals surface area contributed by atoms with E-state index in [1.165, 1.54) is 25.7 Å². The van der Waals surface area contributed by atoms with E-state index in [0.29, 0.717) is 0 Å². The van der Waals surface area contributed by atoms with Crippen LogP contribution in [0.3, 0.4) is 0 Å². The molecule has 0 aromatic rings. The Morgan fingerprint density at radius 3 is 2.78 bits per heavy atom. The van der Waals surface area contributed by atoms with Crippen LogP contribution < -0.4 is 0 Å². The Kier molecular flexibility index (Phi) is 0.992. The summed E-state index contributed by atoms with van der Waals surface area (Å²) < 4.78 is 0. The van der Waals surface area contributed by atoms with Crippen LogP contribution in [0.15, 0.2) is 12.2 Å². The second-order valence-corrected chi connectivity index (χ2v) is 3.51. The first-order valence-corrected chi connectivity index (χ1v) is 4.04. The van der Waals surface area contributed by atoms with E-state index in [1.54, 1.807) is 0 Å². The maximum atomic E-state index is 2.42. The minimum absolute atomic E-state index is 0.881. The normalized spacial score (nSPS) is 35.9. The molecule has 0 heterocycles. The maximum Gasteiger partial charge on any atom is -0.0171 e. The van der Waals surface area contributed by atoms with Gasteiger partial charge in [0.15, 0.2) is 0 Å². The predicted molar refractivity (Wildman–Crippen MR) is 39.2 cm³/mol. The number of hydrogen-bond acceptors (Lipinski definition) is 0. The molecule has 2 rings (SSSR count). The Bertz CT molecular complexity index is 140. The van der Waals surface area contributed by atoms with Gasteiger partial charge in [0.05, 0.1) is 0 Å². The van der Waals surface area contributed by atoms with Gasteiger partial charge in [-0.2, -0.15) is 0 Å². The molecule has 0 saturated heterocycles. The molecule has 0 radical (unpaired) electrons. The Morgan fingerprint density at radius 1 is 1.56 bits per heavy atom. The van der Waals surface area contributed by atoms with Gasteiger partial charge in [-0.25, -0.2) is 0 Å². The van der Waals surface area contributed by atoms with Gasteiger partial charge in [-0.1, -0.05) is 19.1 Å². The van der Waals surface area contributed by atoms with Crippen LogP contribution in [0, 0.1) is 11.3 Å². The number of allylic oxidation sites excluding steroid dienone is 2. The standard InChI is InChI=1S/C9H14/c1-2-3-4-8-7-9(8)5-6-9/h3-4,8H,2,5-7H2,1H3. The highest BCUT2D eigenvalue weighted by molar-refractivity contribution is 5.19. The molecule has 0 amide bonds. The average molecular weight is 122 g/mol. The van der Waals surface area contributed by atoms with Crippen LogP contribution in [0.25, 0.3) is 0 Å². The molecule has 2 aliphatic rings. The molecule has 2 fully saturated rings. The molecule has 0 aromatic heterocycles. The average Bonchev–Trinajstić information content (AvgIpc) is 2.72. The van der Waals surface area contributed by atoms with Gasteiger partial charge in [0.25, 0.3) is 0 Å². The molecule has 0 heteroatoms. The summed E-state index contributed by atoms with van der Waals surface area (Å²) in [6, 6.07) is 0. The second kappa shape index (κ2) is 1.62.